The third kappa shape index (κ3) is 3.92. The molecule has 4 rings (SSSR count). The summed E-state index contributed by atoms with van der Waals surface area (Å²) in [6.07, 6.45) is 1.66. The van der Waals surface area contributed by atoms with Crippen LogP contribution in [-0.2, 0) is 22.0 Å². The highest BCUT2D eigenvalue weighted by Crippen LogP contribution is 2.43. The third-order valence-electron chi connectivity index (χ3n) is 5.42. The minimum atomic E-state index is -3.64. The van der Waals surface area contributed by atoms with Gasteiger partial charge in [-0.25, -0.2) is 27.1 Å². The lowest BCUT2D eigenvalue weighted by atomic mass is 9.85. The first-order valence-corrected chi connectivity index (χ1v) is 11.1. The van der Waals surface area contributed by atoms with Crippen LogP contribution in [-0.4, -0.2) is 55.7 Å². The second kappa shape index (κ2) is 7.80. The van der Waals surface area contributed by atoms with E-state index in [-0.39, 0.29) is 35.4 Å². The number of Topliss-reactive ketones (excluding diaryl/α,β-unsaturated/α-hetero) is 1. The first kappa shape index (κ1) is 21.0. The summed E-state index contributed by atoms with van der Waals surface area (Å²) >= 11 is 0. The van der Waals surface area contributed by atoms with Crippen LogP contribution in [0.1, 0.15) is 28.0 Å². The normalized spacial score (nSPS) is 21.7. The fraction of sp³-hybridized carbons (Fsp3) is 0.350. The van der Waals surface area contributed by atoms with Gasteiger partial charge in [0.05, 0.1) is 18.6 Å². The standard InChI is InChI=1S/C20H21FN4O5S/c1-25-19(22)24-20(11-31(25,27)28)6-7-29-18-5-2-13(8-15(18)20)9-17(26)16-4-3-14(10-23-16)30-12-21/h2-5,8,10H,6-7,9,11-12H2,1H3,(H2,22,24)/t20-/m0/s1. The van der Waals surface area contributed by atoms with Crippen LogP contribution in [0.15, 0.2) is 41.5 Å². The van der Waals surface area contributed by atoms with Crippen molar-refractivity contribution in [1.29, 1.82) is 0 Å². The summed E-state index contributed by atoms with van der Waals surface area (Å²) in [5.41, 5.74) is 6.29. The SMILES string of the molecule is CN1C(N)=N[C@@]2(CCOc3ccc(CC(=O)c4ccc(OCF)cn4)cc32)CS1(=O)=O. The average Bonchev–Trinajstić information content (AvgIpc) is 2.73. The molecule has 0 bridgehead atoms. The Hall–Kier alpha value is -3.21. The summed E-state index contributed by atoms with van der Waals surface area (Å²) in [5.74, 6) is 0.176. The number of aliphatic imine (C=N–C) groups is 1. The molecule has 2 aliphatic heterocycles. The Morgan fingerprint density at radius 3 is 2.84 bits per heavy atom. The first-order valence-electron chi connectivity index (χ1n) is 9.50. The van der Waals surface area contributed by atoms with Crippen molar-refractivity contribution in [3.05, 3.63) is 53.3 Å². The molecular formula is C20H21FN4O5S. The number of alkyl halides is 1. The molecule has 2 aromatic rings. The number of fused-ring (bicyclic) bond motifs is 2. The molecule has 1 aromatic carbocycles. The summed E-state index contributed by atoms with van der Waals surface area (Å²) in [4.78, 5) is 21.2. The van der Waals surface area contributed by atoms with Crippen molar-refractivity contribution in [1.82, 2.24) is 9.29 Å². The van der Waals surface area contributed by atoms with Crippen LogP contribution in [0.25, 0.3) is 0 Å². The van der Waals surface area contributed by atoms with Gasteiger partial charge in [-0.05, 0) is 29.8 Å². The Bertz CT molecular complexity index is 1150. The number of nitrogens with zero attached hydrogens (tertiary/aromatic N) is 3. The zero-order chi connectivity index (χ0) is 22.2. The van der Waals surface area contributed by atoms with E-state index in [1.807, 2.05) is 0 Å². The van der Waals surface area contributed by atoms with Crippen LogP contribution in [0, 0.1) is 0 Å². The maximum atomic E-state index is 12.7. The topological polar surface area (TPSA) is 124 Å². The predicted octanol–water partition coefficient (Wildman–Crippen LogP) is 1.38. The molecule has 2 N–H and O–H groups in total. The molecule has 2 aliphatic rings. The number of hydrogen-bond donors (Lipinski definition) is 1. The van der Waals surface area contributed by atoms with Crippen molar-refractivity contribution in [3.8, 4) is 11.5 Å². The van der Waals surface area contributed by atoms with Gasteiger partial charge in [0.25, 0.3) is 0 Å². The smallest absolute Gasteiger partial charge is 0.239 e. The van der Waals surface area contributed by atoms with Crippen LogP contribution >= 0.6 is 0 Å². The minimum absolute atomic E-state index is 0.0333. The maximum absolute atomic E-state index is 12.7. The third-order valence-corrected chi connectivity index (χ3v) is 7.28. The highest BCUT2D eigenvalue weighted by atomic mass is 32.2. The quantitative estimate of drug-likeness (QED) is 0.685. The van der Waals surface area contributed by atoms with E-state index in [0.29, 0.717) is 29.9 Å². The van der Waals surface area contributed by atoms with E-state index in [9.17, 15) is 17.6 Å². The molecule has 1 atom stereocenters. The van der Waals surface area contributed by atoms with Gasteiger partial charge in [0.2, 0.25) is 22.8 Å². The Kier molecular flexibility index (Phi) is 5.29. The zero-order valence-corrected chi connectivity index (χ0v) is 17.6. The monoisotopic (exact) mass is 448 g/mol. The number of pyridine rings is 1. The second-order valence-electron chi connectivity index (χ2n) is 7.39. The van der Waals surface area contributed by atoms with Gasteiger partial charge in [-0.1, -0.05) is 6.07 Å². The van der Waals surface area contributed by atoms with Crippen LogP contribution in [0.4, 0.5) is 4.39 Å². The van der Waals surface area contributed by atoms with E-state index in [0.717, 1.165) is 4.31 Å². The van der Waals surface area contributed by atoms with Crippen LogP contribution in [0.3, 0.4) is 0 Å². The van der Waals surface area contributed by atoms with Crippen LogP contribution in [0.5, 0.6) is 11.5 Å². The van der Waals surface area contributed by atoms with Crippen LogP contribution < -0.4 is 15.2 Å². The van der Waals surface area contributed by atoms with Gasteiger partial charge >= 0.3 is 0 Å². The van der Waals surface area contributed by atoms with Crippen molar-refractivity contribution in [2.24, 2.45) is 10.7 Å². The maximum Gasteiger partial charge on any atom is 0.239 e. The fourth-order valence-electron chi connectivity index (χ4n) is 3.74. The lowest BCUT2D eigenvalue weighted by Crippen LogP contribution is -2.52. The molecule has 0 radical (unpaired) electrons. The molecule has 1 spiro atoms. The number of hydrogen-bond acceptors (Lipinski definition) is 8. The fourth-order valence-corrected chi connectivity index (χ4v) is 5.23. The molecule has 11 heteroatoms. The van der Waals surface area contributed by atoms with Crippen molar-refractivity contribution in [3.63, 3.8) is 0 Å². The number of carbonyl (C=O) groups is 1. The number of sulfonamides is 1. The highest BCUT2D eigenvalue weighted by Gasteiger charge is 2.46. The number of benzene rings is 1. The van der Waals surface area contributed by atoms with E-state index in [1.165, 1.54) is 25.4 Å². The first-order chi connectivity index (χ1) is 14.7. The van der Waals surface area contributed by atoms with E-state index in [4.69, 9.17) is 10.5 Å². The number of guanidine groups is 1. The summed E-state index contributed by atoms with van der Waals surface area (Å²) < 4.78 is 48.8. The van der Waals surface area contributed by atoms with Crippen LogP contribution in [0.2, 0.25) is 0 Å². The van der Waals surface area contributed by atoms with E-state index in [1.54, 1.807) is 18.2 Å². The zero-order valence-electron chi connectivity index (χ0n) is 16.7. The second-order valence-corrected chi connectivity index (χ2v) is 9.39. The van der Waals surface area contributed by atoms with Gasteiger partial charge in [0.1, 0.15) is 22.7 Å². The molecular weight excluding hydrogens is 427 g/mol. The number of ketones is 1. The molecule has 3 heterocycles. The molecule has 31 heavy (non-hydrogen) atoms. The van der Waals surface area contributed by atoms with E-state index >= 15 is 0 Å². The van der Waals surface area contributed by atoms with Gasteiger partial charge in [-0.2, -0.15) is 0 Å². The molecule has 0 aliphatic carbocycles. The van der Waals surface area contributed by atoms with E-state index in [2.05, 4.69) is 14.7 Å². The van der Waals surface area contributed by atoms with Gasteiger partial charge in [0.15, 0.2) is 5.78 Å². The number of rotatable bonds is 5. The average molecular weight is 448 g/mol. The molecule has 0 unspecified atom stereocenters. The number of ether oxygens (including phenoxy) is 2. The summed E-state index contributed by atoms with van der Waals surface area (Å²) in [6, 6.07) is 8.12. The largest absolute Gasteiger partial charge is 0.493 e. The molecule has 0 saturated carbocycles. The lowest BCUT2D eigenvalue weighted by molar-refractivity contribution is 0.0988. The van der Waals surface area contributed by atoms with E-state index < -0.39 is 22.4 Å². The molecule has 0 saturated heterocycles. The van der Waals surface area contributed by atoms with Gasteiger partial charge < -0.3 is 15.2 Å². The number of halogens is 1. The predicted molar refractivity (Wildman–Crippen MR) is 110 cm³/mol. The molecule has 0 fully saturated rings. The molecule has 1 aromatic heterocycles. The molecule has 0 amide bonds. The summed E-state index contributed by atoms with van der Waals surface area (Å²) in [5, 5.41) is 0. The molecule has 9 nitrogen and oxygen atoms in total. The van der Waals surface area contributed by atoms with Gasteiger partial charge in [-0.3, -0.25) is 4.79 Å². The van der Waals surface area contributed by atoms with Gasteiger partial charge in [0, 0.05) is 25.5 Å². The summed E-state index contributed by atoms with van der Waals surface area (Å²) in [7, 11) is -2.27. The number of carbonyl (C=O) groups excluding carboxylic acids is 1. The molecule has 164 valence electrons. The Labute approximate surface area is 178 Å². The van der Waals surface area contributed by atoms with Crippen molar-refractivity contribution >= 4 is 21.8 Å². The lowest BCUT2D eigenvalue weighted by Gasteiger charge is -2.40. The number of aromatic nitrogens is 1. The Balaban J connectivity index is 1.65. The van der Waals surface area contributed by atoms with Crippen molar-refractivity contribution in [2.45, 2.75) is 18.4 Å². The number of nitrogens with two attached hydrogens (primary N) is 1. The Morgan fingerprint density at radius 2 is 2.16 bits per heavy atom. The summed E-state index contributed by atoms with van der Waals surface area (Å²) in [6.45, 7) is -0.676. The minimum Gasteiger partial charge on any atom is -0.493 e. The highest BCUT2D eigenvalue weighted by molar-refractivity contribution is 7.89. The Morgan fingerprint density at radius 1 is 1.35 bits per heavy atom. The van der Waals surface area contributed by atoms with Crippen molar-refractivity contribution in [2.75, 3.05) is 26.3 Å². The van der Waals surface area contributed by atoms with Crippen molar-refractivity contribution < 1.29 is 27.1 Å². The van der Waals surface area contributed by atoms with Gasteiger partial charge in [-0.15, -0.1) is 0 Å².